The van der Waals surface area contributed by atoms with E-state index in [1.165, 1.54) is 0 Å². The van der Waals surface area contributed by atoms with Gasteiger partial charge in [0.1, 0.15) is 0 Å². The number of hydrogen-bond acceptors (Lipinski definition) is 2. The number of nitrogens with one attached hydrogen (secondary N) is 1. The van der Waals surface area contributed by atoms with Gasteiger partial charge in [-0.05, 0) is 31.7 Å². The molecule has 1 heterocycles. The van der Waals surface area contributed by atoms with Gasteiger partial charge in [-0.2, -0.15) is 0 Å². The zero-order chi connectivity index (χ0) is 12.4. The van der Waals surface area contributed by atoms with Crippen molar-refractivity contribution in [2.24, 2.45) is 0 Å². The molecule has 2 rings (SSSR count). The van der Waals surface area contributed by atoms with Crippen LogP contribution in [-0.2, 0) is 0 Å². The third kappa shape index (κ3) is 3.29. The minimum atomic E-state index is 0. The third-order valence-corrected chi connectivity index (χ3v) is 3.79. The van der Waals surface area contributed by atoms with Crippen LogP contribution >= 0.6 is 35.6 Å². The maximum Gasteiger partial charge on any atom is 0.253 e. The first kappa shape index (κ1) is 15.6. The van der Waals surface area contributed by atoms with Crippen LogP contribution in [0.2, 0.25) is 10.0 Å². The summed E-state index contributed by atoms with van der Waals surface area (Å²) in [5, 5.41) is 4.07. The highest BCUT2D eigenvalue weighted by atomic mass is 35.5. The Hall–Kier alpha value is -0.480. The summed E-state index contributed by atoms with van der Waals surface area (Å²) in [5.41, 5.74) is 0.594. The van der Waals surface area contributed by atoms with Crippen molar-refractivity contribution in [2.45, 2.75) is 12.5 Å². The van der Waals surface area contributed by atoms with E-state index in [0.717, 1.165) is 19.5 Å². The zero-order valence-electron chi connectivity index (χ0n) is 9.95. The molecule has 1 N–H and O–H groups in total. The van der Waals surface area contributed by atoms with Crippen molar-refractivity contribution in [2.75, 3.05) is 20.1 Å². The molecule has 1 atom stereocenters. The van der Waals surface area contributed by atoms with E-state index in [-0.39, 0.29) is 18.3 Å². The lowest BCUT2D eigenvalue weighted by molar-refractivity contribution is 0.0789. The molecule has 100 valence electrons. The fraction of sp³-hybridized carbons (Fsp3) is 0.417. The number of likely N-dealkylation sites (N-methyl/N-ethyl adjacent to an activating group) is 1. The van der Waals surface area contributed by atoms with Gasteiger partial charge in [-0.1, -0.05) is 23.2 Å². The third-order valence-electron chi connectivity index (χ3n) is 3.05. The topological polar surface area (TPSA) is 32.3 Å². The van der Waals surface area contributed by atoms with Crippen LogP contribution in [0.15, 0.2) is 18.2 Å². The number of amides is 1. The van der Waals surface area contributed by atoms with E-state index in [2.05, 4.69) is 5.32 Å². The van der Waals surface area contributed by atoms with Gasteiger partial charge in [0.2, 0.25) is 0 Å². The molecule has 0 saturated carbocycles. The summed E-state index contributed by atoms with van der Waals surface area (Å²) in [6, 6.07) is 5.38. The molecule has 6 heteroatoms. The molecule has 1 saturated heterocycles. The molecule has 1 aliphatic rings. The lowest BCUT2D eigenvalue weighted by Gasteiger charge is -2.16. The predicted octanol–water partition coefficient (Wildman–Crippen LogP) is 2.85. The van der Waals surface area contributed by atoms with Gasteiger partial charge in [0.25, 0.3) is 5.91 Å². The van der Waals surface area contributed by atoms with E-state index in [1.54, 1.807) is 18.2 Å². The average molecular weight is 310 g/mol. The molecule has 1 fully saturated rings. The van der Waals surface area contributed by atoms with Crippen molar-refractivity contribution in [3.8, 4) is 0 Å². The highest BCUT2D eigenvalue weighted by Crippen LogP contribution is 2.24. The van der Waals surface area contributed by atoms with Crippen LogP contribution in [-0.4, -0.2) is 37.0 Å². The Bertz CT molecular complexity index is 439. The summed E-state index contributed by atoms with van der Waals surface area (Å²) in [6.45, 7) is 1.53. The monoisotopic (exact) mass is 308 g/mol. The van der Waals surface area contributed by atoms with Crippen LogP contribution < -0.4 is 5.32 Å². The second-order valence-electron chi connectivity index (χ2n) is 4.15. The lowest BCUT2D eigenvalue weighted by atomic mass is 10.2. The molecule has 0 spiro atoms. The number of rotatable bonds is 2. The van der Waals surface area contributed by atoms with Gasteiger partial charge in [-0.15, -0.1) is 12.4 Å². The van der Waals surface area contributed by atoms with Gasteiger partial charge in [-0.3, -0.25) is 4.79 Å². The Labute approximate surface area is 123 Å². The maximum absolute atomic E-state index is 12.2. The molecule has 0 bridgehead atoms. The number of carbonyl (C=O) groups is 1. The Morgan fingerprint density at radius 2 is 2.11 bits per heavy atom. The van der Waals surface area contributed by atoms with Crippen molar-refractivity contribution in [1.82, 2.24) is 10.2 Å². The van der Waals surface area contributed by atoms with Crippen molar-refractivity contribution >= 4 is 41.5 Å². The second kappa shape index (κ2) is 6.62. The first-order valence-electron chi connectivity index (χ1n) is 5.53. The van der Waals surface area contributed by atoms with Crippen LogP contribution in [0.3, 0.4) is 0 Å². The SMILES string of the molecule is CNC1CCN(C(=O)c2ccc(Cl)c(Cl)c2)C1.Cl. The van der Waals surface area contributed by atoms with Crippen LogP contribution in [0.25, 0.3) is 0 Å². The highest BCUT2D eigenvalue weighted by Gasteiger charge is 2.25. The minimum absolute atomic E-state index is 0. The van der Waals surface area contributed by atoms with Crippen LogP contribution in [0.1, 0.15) is 16.8 Å². The van der Waals surface area contributed by atoms with Gasteiger partial charge in [0, 0.05) is 24.7 Å². The summed E-state index contributed by atoms with van der Waals surface area (Å²) in [7, 11) is 1.91. The second-order valence-corrected chi connectivity index (χ2v) is 4.97. The summed E-state index contributed by atoms with van der Waals surface area (Å²) >= 11 is 11.7. The van der Waals surface area contributed by atoms with E-state index < -0.39 is 0 Å². The average Bonchev–Trinajstić information content (AvgIpc) is 2.80. The normalized spacial score (nSPS) is 18.6. The van der Waals surface area contributed by atoms with E-state index in [4.69, 9.17) is 23.2 Å². The zero-order valence-corrected chi connectivity index (χ0v) is 12.3. The summed E-state index contributed by atoms with van der Waals surface area (Å²) in [4.78, 5) is 14.0. The van der Waals surface area contributed by atoms with Crippen molar-refractivity contribution in [3.63, 3.8) is 0 Å². The van der Waals surface area contributed by atoms with Crippen LogP contribution in [0, 0.1) is 0 Å². The summed E-state index contributed by atoms with van der Waals surface area (Å²) < 4.78 is 0. The van der Waals surface area contributed by atoms with Crippen molar-refractivity contribution < 1.29 is 4.79 Å². The number of hydrogen-bond donors (Lipinski definition) is 1. The molecule has 1 aliphatic heterocycles. The lowest BCUT2D eigenvalue weighted by Crippen LogP contribution is -2.33. The predicted molar refractivity (Wildman–Crippen MR) is 77.1 cm³/mol. The molecule has 18 heavy (non-hydrogen) atoms. The largest absolute Gasteiger partial charge is 0.337 e. The molecule has 0 radical (unpaired) electrons. The van der Waals surface area contributed by atoms with E-state index in [9.17, 15) is 4.79 Å². The standard InChI is InChI=1S/C12H14Cl2N2O.ClH/c1-15-9-4-5-16(7-9)12(17)8-2-3-10(13)11(14)6-8;/h2-3,6,9,15H,4-5,7H2,1H3;1H. The van der Waals surface area contributed by atoms with Gasteiger partial charge >= 0.3 is 0 Å². The van der Waals surface area contributed by atoms with Gasteiger partial charge < -0.3 is 10.2 Å². The van der Waals surface area contributed by atoms with Crippen LogP contribution in [0.5, 0.6) is 0 Å². The molecule has 1 aromatic carbocycles. The van der Waals surface area contributed by atoms with Crippen molar-refractivity contribution in [3.05, 3.63) is 33.8 Å². The van der Waals surface area contributed by atoms with E-state index in [1.807, 2.05) is 11.9 Å². The molecule has 1 amide bonds. The maximum atomic E-state index is 12.2. The number of carbonyl (C=O) groups excluding carboxylic acids is 1. The smallest absolute Gasteiger partial charge is 0.253 e. The van der Waals surface area contributed by atoms with Crippen molar-refractivity contribution in [1.29, 1.82) is 0 Å². The molecule has 1 unspecified atom stereocenters. The highest BCUT2D eigenvalue weighted by molar-refractivity contribution is 6.42. The number of halogens is 3. The Morgan fingerprint density at radius 1 is 1.39 bits per heavy atom. The molecule has 0 aliphatic carbocycles. The Morgan fingerprint density at radius 3 is 2.67 bits per heavy atom. The summed E-state index contributed by atoms with van der Waals surface area (Å²) in [6.07, 6.45) is 0.990. The van der Waals surface area contributed by atoms with E-state index in [0.29, 0.717) is 21.7 Å². The minimum Gasteiger partial charge on any atom is -0.337 e. The molecule has 3 nitrogen and oxygen atoms in total. The summed E-state index contributed by atoms with van der Waals surface area (Å²) in [5.74, 6) is 0.0151. The Balaban J connectivity index is 0.00000162. The van der Waals surface area contributed by atoms with Gasteiger partial charge in [-0.25, -0.2) is 0 Å². The van der Waals surface area contributed by atoms with E-state index >= 15 is 0 Å². The molecule has 0 aromatic heterocycles. The number of nitrogens with zero attached hydrogens (tertiary/aromatic N) is 1. The number of likely N-dealkylation sites (tertiary alicyclic amines) is 1. The number of benzene rings is 1. The molecule has 1 aromatic rings. The Kier molecular flexibility index (Phi) is 5.73. The fourth-order valence-corrected chi connectivity index (χ4v) is 2.29. The quantitative estimate of drug-likeness (QED) is 0.911. The van der Waals surface area contributed by atoms with Crippen LogP contribution in [0.4, 0.5) is 0 Å². The first-order valence-corrected chi connectivity index (χ1v) is 6.29. The van der Waals surface area contributed by atoms with Gasteiger partial charge in [0.05, 0.1) is 10.0 Å². The molecular formula is C12H15Cl3N2O. The fourth-order valence-electron chi connectivity index (χ4n) is 1.99. The first-order chi connectivity index (χ1) is 8.11. The van der Waals surface area contributed by atoms with Gasteiger partial charge in [0.15, 0.2) is 0 Å². The molecular weight excluding hydrogens is 295 g/mol.